The van der Waals surface area contributed by atoms with Crippen molar-refractivity contribution >= 4 is 28.3 Å². The number of tetrazole rings is 1. The maximum absolute atomic E-state index is 13.3. The summed E-state index contributed by atoms with van der Waals surface area (Å²) in [7, 11) is 0. The van der Waals surface area contributed by atoms with Crippen LogP contribution in [0.2, 0.25) is 0 Å². The van der Waals surface area contributed by atoms with E-state index in [9.17, 15) is 9.59 Å². The largest absolute Gasteiger partial charge is 0.338 e. The van der Waals surface area contributed by atoms with Gasteiger partial charge in [0.25, 0.3) is 5.91 Å². The molecule has 32 heavy (non-hydrogen) atoms. The summed E-state index contributed by atoms with van der Waals surface area (Å²) in [6.45, 7) is 1.05. The number of nitrogens with one attached hydrogen (secondary N) is 2. The van der Waals surface area contributed by atoms with Crippen molar-refractivity contribution < 1.29 is 9.59 Å². The van der Waals surface area contributed by atoms with Crippen LogP contribution >= 0.6 is 0 Å². The van der Waals surface area contributed by atoms with E-state index in [0.29, 0.717) is 30.2 Å². The van der Waals surface area contributed by atoms with Crippen LogP contribution in [0.1, 0.15) is 23.2 Å². The lowest BCUT2D eigenvalue weighted by atomic mass is 9.95. The molecule has 3 aromatic carbocycles. The highest BCUT2D eigenvalue weighted by molar-refractivity contribution is 6.07. The van der Waals surface area contributed by atoms with Gasteiger partial charge in [-0.15, -0.1) is 10.2 Å². The Hall–Kier alpha value is -4.07. The van der Waals surface area contributed by atoms with Gasteiger partial charge in [0.2, 0.25) is 11.7 Å². The normalized spacial score (nSPS) is 16.1. The SMILES string of the molecule is O=C(Nc1cccc(-c2nn[nH]n2)c1)C1CCCN(C(=O)c2cccc3ccccc23)C1. The summed E-state index contributed by atoms with van der Waals surface area (Å²) in [6.07, 6.45) is 1.53. The summed E-state index contributed by atoms with van der Waals surface area (Å²) < 4.78 is 0. The number of aromatic nitrogens is 4. The molecule has 0 radical (unpaired) electrons. The van der Waals surface area contributed by atoms with E-state index in [1.54, 1.807) is 4.90 Å². The molecule has 2 amide bonds. The molecule has 8 nitrogen and oxygen atoms in total. The molecule has 1 aromatic heterocycles. The van der Waals surface area contributed by atoms with Gasteiger partial charge in [-0.1, -0.05) is 48.5 Å². The Balaban J connectivity index is 1.30. The van der Waals surface area contributed by atoms with Crippen molar-refractivity contribution in [2.75, 3.05) is 18.4 Å². The Labute approximate surface area is 184 Å². The van der Waals surface area contributed by atoms with Gasteiger partial charge in [-0.05, 0) is 47.0 Å². The third kappa shape index (κ3) is 3.94. The molecule has 0 spiro atoms. The minimum atomic E-state index is -0.267. The number of aromatic amines is 1. The third-order valence-corrected chi connectivity index (χ3v) is 5.83. The molecule has 4 aromatic rings. The number of anilines is 1. The van der Waals surface area contributed by atoms with Crippen molar-refractivity contribution in [3.63, 3.8) is 0 Å². The van der Waals surface area contributed by atoms with Crippen molar-refractivity contribution in [3.8, 4) is 11.4 Å². The summed E-state index contributed by atoms with van der Waals surface area (Å²) in [5.74, 6) is 0.0752. The minimum absolute atomic E-state index is 0.0293. The Bertz CT molecular complexity index is 1270. The Morgan fingerprint density at radius 2 is 1.88 bits per heavy atom. The fourth-order valence-corrected chi connectivity index (χ4v) is 4.22. The van der Waals surface area contributed by atoms with Gasteiger partial charge in [-0.25, -0.2) is 0 Å². The predicted molar refractivity (Wildman–Crippen MR) is 121 cm³/mol. The number of piperidine rings is 1. The molecule has 2 N–H and O–H groups in total. The molecule has 0 aliphatic carbocycles. The molecule has 1 atom stereocenters. The monoisotopic (exact) mass is 426 g/mol. The quantitative estimate of drug-likeness (QED) is 0.520. The Morgan fingerprint density at radius 3 is 2.75 bits per heavy atom. The first-order chi connectivity index (χ1) is 15.7. The Morgan fingerprint density at radius 1 is 1.03 bits per heavy atom. The fourth-order valence-electron chi connectivity index (χ4n) is 4.22. The topological polar surface area (TPSA) is 104 Å². The average molecular weight is 426 g/mol. The number of fused-ring (bicyclic) bond motifs is 1. The molecule has 1 saturated heterocycles. The number of benzene rings is 3. The van der Waals surface area contributed by atoms with E-state index >= 15 is 0 Å². The van der Waals surface area contributed by atoms with Crippen molar-refractivity contribution in [3.05, 3.63) is 72.3 Å². The molecule has 2 heterocycles. The number of hydrogen-bond acceptors (Lipinski definition) is 5. The standard InChI is InChI=1S/C24H22N6O2/c31-23(25-19-10-3-8-17(14-19)22-26-28-29-27-22)18-9-5-13-30(15-18)24(32)21-12-4-7-16-6-1-2-11-20(16)21/h1-4,6-8,10-12,14,18H,5,9,13,15H2,(H,25,31)(H,26,27,28,29). The predicted octanol–water partition coefficient (Wildman–Crippen LogP) is 3.51. The summed E-state index contributed by atoms with van der Waals surface area (Å²) >= 11 is 0. The number of likely N-dealkylation sites (tertiary alicyclic amines) is 1. The second kappa shape index (κ2) is 8.58. The molecular formula is C24H22N6O2. The van der Waals surface area contributed by atoms with Crippen LogP contribution in [0.25, 0.3) is 22.2 Å². The molecule has 1 aliphatic rings. The first kappa shape index (κ1) is 19.9. The van der Waals surface area contributed by atoms with Crippen molar-refractivity contribution in [2.45, 2.75) is 12.8 Å². The molecule has 8 heteroatoms. The van der Waals surface area contributed by atoms with E-state index in [-0.39, 0.29) is 17.7 Å². The number of nitrogens with zero attached hydrogens (tertiary/aromatic N) is 4. The van der Waals surface area contributed by atoms with Gasteiger partial charge in [-0.2, -0.15) is 5.21 Å². The van der Waals surface area contributed by atoms with Gasteiger partial charge in [0.1, 0.15) is 0 Å². The minimum Gasteiger partial charge on any atom is -0.338 e. The molecule has 1 aliphatic heterocycles. The zero-order chi connectivity index (χ0) is 21.9. The summed E-state index contributed by atoms with van der Waals surface area (Å²) in [5, 5.41) is 18.9. The van der Waals surface area contributed by atoms with Gasteiger partial charge < -0.3 is 10.2 Å². The van der Waals surface area contributed by atoms with Gasteiger partial charge in [0.15, 0.2) is 0 Å². The van der Waals surface area contributed by atoms with Gasteiger partial charge in [0, 0.05) is 29.9 Å². The first-order valence-electron chi connectivity index (χ1n) is 10.6. The highest BCUT2D eigenvalue weighted by Gasteiger charge is 2.29. The summed E-state index contributed by atoms with van der Waals surface area (Å²) in [6, 6.07) is 21.0. The number of carbonyl (C=O) groups is 2. The van der Waals surface area contributed by atoms with Crippen LogP contribution in [-0.2, 0) is 4.79 Å². The van der Waals surface area contributed by atoms with Crippen LogP contribution in [0.15, 0.2) is 66.7 Å². The second-order valence-electron chi connectivity index (χ2n) is 7.92. The zero-order valence-electron chi connectivity index (χ0n) is 17.4. The van der Waals surface area contributed by atoms with Gasteiger partial charge >= 0.3 is 0 Å². The molecular weight excluding hydrogens is 404 g/mol. The van der Waals surface area contributed by atoms with E-state index < -0.39 is 0 Å². The second-order valence-corrected chi connectivity index (χ2v) is 7.92. The van der Waals surface area contributed by atoms with Crippen LogP contribution in [0.5, 0.6) is 0 Å². The molecule has 5 rings (SSSR count). The lowest BCUT2D eigenvalue weighted by Crippen LogP contribution is -2.43. The summed E-state index contributed by atoms with van der Waals surface area (Å²) in [4.78, 5) is 28.1. The van der Waals surface area contributed by atoms with Crippen LogP contribution in [-0.4, -0.2) is 50.4 Å². The number of amides is 2. The van der Waals surface area contributed by atoms with E-state index in [1.807, 2.05) is 66.7 Å². The highest BCUT2D eigenvalue weighted by atomic mass is 16.2. The van der Waals surface area contributed by atoms with Gasteiger partial charge in [0.05, 0.1) is 5.92 Å². The molecule has 160 valence electrons. The molecule has 1 fully saturated rings. The van der Waals surface area contributed by atoms with E-state index in [4.69, 9.17) is 0 Å². The highest BCUT2D eigenvalue weighted by Crippen LogP contribution is 2.25. The van der Waals surface area contributed by atoms with E-state index in [2.05, 4.69) is 25.9 Å². The average Bonchev–Trinajstić information content (AvgIpc) is 3.39. The molecule has 0 saturated carbocycles. The van der Waals surface area contributed by atoms with Crippen molar-refractivity contribution in [1.29, 1.82) is 0 Å². The lowest BCUT2D eigenvalue weighted by molar-refractivity contribution is -0.121. The maximum Gasteiger partial charge on any atom is 0.254 e. The zero-order valence-corrected chi connectivity index (χ0v) is 17.4. The van der Waals surface area contributed by atoms with Gasteiger partial charge in [-0.3, -0.25) is 9.59 Å². The maximum atomic E-state index is 13.3. The number of hydrogen-bond donors (Lipinski definition) is 2. The Kier molecular flexibility index (Phi) is 5.33. The number of rotatable bonds is 4. The first-order valence-corrected chi connectivity index (χ1v) is 10.6. The van der Waals surface area contributed by atoms with Crippen LogP contribution in [0, 0.1) is 5.92 Å². The smallest absolute Gasteiger partial charge is 0.254 e. The third-order valence-electron chi connectivity index (χ3n) is 5.83. The number of H-pyrrole nitrogens is 1. The lowest BCUT2D eigenvalue weighted by Gasteiger charge is -2.32. The van der Waals surface area contributed by atoms with Crippen molar-refractivity contribution in [1.82, 2.24) is 25.5 Å². The number of carbonyl (C=O) groups excluding carboxylic acids is 2. The van der Waals surface area contributed by atoms with E-state index in [1.165, 1.54) is 0 Å². The van der Waals surface area contributed by atoms with Crippen LogP contribution in [0.4, 0.5) is 5.69 Å². The molecule has 1 unspecified atom stereocenters. The molecule has 0 bridgehead atoms. The van der Waals surface area contributed by atoms with Crippen molar-refractivity contribution in [2.24, 2.45) is 5.92 Å². The van der Waals surface area contributed by atoms with Crippen LogP contribution < -0.4 is 5.32 Å². The summed E-state index contributed by atoms with van der Waals surface area (Å²) in [5.41, 5.74) is 2.10. The van der Waals surface area contributed by atoms with Crippen LogP contribution in [0.3, 0.4) is 0 Å². The fraction of sp³-hybridized carbons (Fsp3) is 0.208. The van der Waals surface area contributed by atoms with E-state index in [0.717, 1.165) is 29.2 Å².